The summed E-state index contributed by atoms with van der Waals surface area (Å²) in [6, 6.07) is 10.2. The van der Waals surface area contributed by atoms with Gasteiger partial charge < -0.3 is 24.3 Å². The number of aromatic nitrogens is 1. The molecule has 0 atom stereocenters. The lowest BCUT2D eigenvalue weighted by atomic mass is 10.2. The average molecular weight is 486 g/mol. The maximum atomic E-state index is 5.71. The molecule has 1 aromatic heterocycles. The third-order valence-corrected chi connectivity index (χ3v) is 4.16. The standard InChI is InChI=1S/C20H30N4O2.HI/c1-6-12-26-18-10-9-16(13-19(18)25-5)14-22-20(21-2)24(4)15-17-8-7-11-23(17)3;/h7-11,13H,6,12,14-15H2,1-5H3,(H,21,22);1H. The fourth-order valence-electron chi connectivity index (χ4n) is 2.70. The van der Waals surface area contributed by atoms with Crippen molar-refractivity contribution >= 4 is 29.9 Å². The van der Waals surface area contributed by atoms with Crippen LogP contribution in [0.2, 0.25) is 0 Å². The second kappa shape index (κ2) is 11.7. The molecule has 0 bridgehead atoms. The number of aliphatic imine (C=N–C) groups is 1. The van der Waals surface area contributed by atoms with Crippen molar-refractivity contribution in [2.24, 2.45) is 12.0 Å². The first kappa shape index (κ1) is 23.1. The molecule has 7 heteroatoms. The van der Waals surface area contributed by atoms with Crippen LogP contribution in [0.5, 0.6) is 11.5 Å². The molecule has 150 valence electrons. The number of hydrogen-bond donors (Lipinski definition) is 1. The third kappa shape index (κ3) is 6.64. The average Bonchev–Trinajstić information content (AvgIpc) is 3.05. The lowest BCUT2D eigenvalue weighted by molar-refractivity contribution is 0.294. The first-order valence-electron chi connectivity index (χ1n) is 8.90. The lowest BCUT2D eigenvalue weighted by Crippen LogP contribution is -2.38. The maximum Gasteiger partial charge on any atom is 0.194 e. The predicted molar refractivity (Wildman–Crippen MR) is 121 cm³/mol. The van der Waals surface area contributed by atoms with Crippen LogP contribution in [0.1, 0.15) is 24.6 Å². The van der Waals surface area contributed by atoms with E-state index in [1.54, 1.807) is 14.2 Å². The topological polar surface area (TPSA) is 51.0 Å². The Balaban J connectivity index is 0.00000364. The molecule has 0 spiro atoms. The second-order valence-electron chi connectivity index (χ2n) is 6.20. The number of benzene rings is 1. The largest absolute Gasteiger partial charge is 0.493 e. The van der Waals surface area contributed by atoms with Crippen LogP contribution in [-0.2, 0) is 20.1 Å². The molecule has 0 saturated heterocycles. The summed E-state index contributed by atoms with van der Waals surface area (Å²) in [5.74, 6) is 2.38. The predicted octanol–water partition coefficient (Wildman–Crippen LogP) is 3.65. The number of guanidine groups is 1. The van der Waals surface area contributed by atoms with E-state index in [2.05, 4.69) is 32.8 Å². The molecule has 0 aliphatic carbocycles. The van der Waals surface area contributed by atoms with E-state index in [0.717, 1.165) is 36.0 Å². The molecule has 0 amide bonds. The van der Waals surface area contributed by atoms with Gasteiger partial charge in [-0.3, -0.25) is 4.99 Å². The molecule has 0 fully saturated rings. The SMILES string of the molecule is CCCOc1ccc(CNC(=NC)N(C)Cc2cccn2C)cc1OC.I. The summed E-state index contributed by atoms with van der Waals surface area (Å²) in [4.78, 5) is 6.48. The lowest BCUT2D eigenvalue weighted by Gasteiger charge is -2.22. The minimum Gasteiger partial charge on any atom is -0.493 e. The summed E-state index contributed by atoms with van der Waals surface area (Å²) in [7, 11) is 7.54. The van der Waals surface area contributed by atoms with Gasteiger partial charge in [-0.1, -0.05) is 13.0 Å². The highest BCUT2D eigenvalue weighted by molar-refractivity contribution is 14.0. The van der Waals surface area contributed by atoms with Crippen molar-refractivity contribution in [3.63, 3.8) is 0 Å². The molecule has 1 N–H and O–H groups in total. The fourth-order valence-corrected chi connectivity index (χ4v) is 2.70. The number of methoxy groups -OCH3 is 1. The summed E-state index contributed by atoms with van der Waals surface area (Å²) >= 11 is 0. The molecular formula is C20H31IN4O2. The highest BCUT2D eigenvalue weighted by Gasteiger charge is 2.10. The van der Waals surface area contributed by atoms with Crippen molar-refractivity contribution < 1.29 is 9.47 Å². The molecule has 2 rings (SSSR count). The zero-order valence-corrected chi connectivity index (χ0v) is 19.2. The van der Waals surface area contributed by atoms with Crippen molar-refractivity contribution in [1.82, 2.24) is 14.8 Å². The molecular weight excluding hydrogens is 455 g/mol. The Labute approximate surface area is 179 Å². The number of ether oxygens (including phenoxy) is 2. The smallest absolute Gasteiger partial charge is 0.194 e. The van der Waals surface area contributed by atoms with Gasteiger partial charge in [0.25, 0.3) is 0 Å². The number of rotatable bonds is 8. The molecule has 0 radical (unpaired) electrons. The Bertz CT molecular complexity index is 731. The Hall–Kier alpha value is -1.90. The number of nitrogens with one attached hydrogen (secondary N) is 1. The van der Waals surface area contributed by atoms with Gasteiger partial charge in [-0.05, 0) is 36.2 Å². The van der Waals surface area contributed by atoms with E-state index in [0.29, 0.717) is 13.2 Å². The zero-order chi connectivity index (χ0) is 18.9. The van der Waals surface area contributed by atoms with Gasteiger partial charge in [-0.25, -0.2) is 0 Å². The Morgan fingerprint density at radius 3 is 2.63 bits per heavy atom. The van der Waals surface area contributed by atoms with Crippen molar-refractivity contribution in [2.75, 3.05) is 27.8 Å². The molecule has 1 aromatic carbocycles. The summed E-state index contributed by atoms with van der Waals surface area (Å²) in [5.41, 5.74) is 2.34. The summed E-state index contributed by atoms with van der Waals surface area (Å²) in [5, 5.41) is 3.40. The van der Waals surface area contributed by atoms with E-state index >= 15 is 0 Å². The Morgan fingerprint density at radius 2 is 2.04 bits per heavy atom. The number of hydrogen-bond acceptors (Lipinski definition) is 3. The van der Waals surface area contributed by atoms with Crippen LogP contribution < -0.4 is 14.8 Å². The van der Waals surface area contributed by atoms with Crippen molar-refractivity contribution in [1.29, 1.82) is 0 Å². The zero-order valence-electron chi connectivity index (χ0n) is 16.9. The second-order valence-corrected chi connectivity index (χ2v) is 6.20. The summed E-state index contributed by atoms with van der Waals surface area (Å²) in [6.45, 7) is 4.22. The van der Waals surface area contributed by atoms with E-state index in [1.165, 1.54) is 5.69 Å². The molecule has 0 unspecified atom stereocenters. The van der Waals surface area contributed by atoms with Crippen molar-refractivity contribution in [3.05, 3.63) is 47.8 Å². The van der Waals surface area contributed by atoms with E-state index < -0.39 is 0 Å². The maximum absolute atomic E-state index is 5.71. The fraction of sp³-hybridized carbons (Fsp3) is 0.450. The van der Waals surface area contributed by atoms with Crippen LogP contribution >= 0.6 is 24.0 Å². The van der Waals surface area contributed by atoms with Gasteiger partial charge >= 0.3 is 0 Å². The molecule has 27 heavy (non-hydrogen) atoms. The van der Waals surface area contributed by atoms with Gasteiger partial charge in [0.1, 0.15) is 0 Å². The van der Waals surface area contributed by atoms with Gasteiger partial charge in [0.05, 0.1) is 20.3 Å². The van der Waals surface area contributed by atoms with Gasteiger partial charge in [0.15, 0.2) is 17.5 Å². The normalized spacial score (nSPS) is 10.9. The van der Waals surface area contributed by atoms with E-state index in [4.69, 9.17) is 9.47 Å². The van der Waals surface area contributed by atoms with Crippen LogP contribution in [0.4, 0.5) is 0 Å². The highest BCUT2D eigenvalue weighted by Crippen LogP contribution is 2.28. The van der Waals surface area contributed by atoms with E-state index in [1.807, 2.05) is 44.6 Å². The number of halogens is 1. The third-order valence-electron chi connectivity index (χ3n) is 4.16. The van der Waals surface area contributed by atoms with Gasteiger partial charge in [-0.15, -0.1) is 24.0 Å². The quantitative estimate of drug-likeness (QED) is 0.352. The van der Waals surface area contributed by atoms with E-state index in [-0.39, 0.29) is 24.0 Å². The Kier molecular flexibility index (Phi) is 10.1. The molecule has 0 aliphatic rings. The summed E-state index contributed by atoms with van der Waals surface area (Å²) in [6.07, 6.45) is 3.02. The molecule has 6 nitrogen and oxygen atoms in total. The van der Waals surface area contributed by atoms with Gasteiger partial charge in [-0.2, -0.15) is 0 Å². The first-order valence-corrected chi connectivity index (χ1v) is 8.90. The van der Waals surface area contributed by atoms with Crippen molar-refractivity contribution in [3.8, 4) is 11.5 Å². The summed E-state index contributed by atoms with van der Waals surface area (Å²) < 4.78 is 13.3. The number of aryl methyl sites for hydroxylation is 1. The minimum atomic E-state index is 0. The molecule has 2 aromatic rings. The Morgan fingerprint density at radius 1 is 1.26 bits per heavy atom. The van der Waals surface area contributed by atoms with Crippen LogP contribution in [0.3, 0.4) is 0 Å². The van der Waals surface area contributed by atoms with E-state index in [9.17, 15) is 0 Å². The first-order chi connectivity index (χ1) is 12.6. The monoisotopic (exact) mass is 486 g/mol. The highest BCUT2D eigenvalue weighted by atomic mass is 127. The molecule has 1 heterocycles. The molecule has 0 saturated carbocycles. The minimum absolute atomic E-state index is 0. The van der Waals surface area contributed by atoms with Crippen LogP contribution in [0.25, 0.3) is 0 Å². The van der Waals surface area contributed by atoms with Gasteiger partial charge in [0, 0.05) is 39.6 Å². The van der Waals surface area contributed by atoms with Crippen molar-refractivity contribution in [2.45, 2.75) is 26.4 Å². The van der Waals surface area contributed by atoms with Gasteiger partial charge in [0.2, 0.25) is 0 Å². The van der Waals surface area contributed by atoms with Crippen LogP contribution in [-0.4, -0.2) is 43.2 Å². The molecule has 0 aliphatic heterocycles. The van der Waals surface area contributed by atoms with Crippen LogP contribution in [0.15, 0.2) is 41.5 Å². The van der Waals surface area contributed by atoms with Crippen LogP contribution in [0, 0.1) is 0 Å². The number of nitrogens with zero attached hydrogens (tertiary/aromatic N) is 3.